The maximum atomic E-state index is 13.0. The van der Waals surface area contributed by atoms with Crippen LogP contribution in [0.4, 0.5) is 4.39 Å². The van der Waals surface area contributed by atoms with Crippen LogP contribution in [0.5, 0.6) is 5.75 Å². The van der Waals surface area contributed by atoms with Gasteiger partial charge in [-0.1, -0.05) is 35.9 Å². The van der Waals surface area contributed by atoms with Crippen LogP contribution >= 0.6 is 22.9 Å². The van der Waals surface area contributed by atoms with Gasteiger partial charge in [-0.15, -0.1) is 11.3 Å². The van der Waals surface area contributed by atoms with Crippen molar-refractivity contribution in [2.24, 2.45) is 0 Å². The number of thiazole rings is 1. The number of carbonyl (C=O) groups excluding carboxylic acids is 1. The molecule has 26 heavy (non-hydrogen) atoms. The molecule has 0 unspecified atom stereocenters. The van der Waals surface area contributed by atoms with E-state index in [9.17, 15) is 9.18 Å². The van der Waals surface area contributed by atoms with E-state index in [2.05, 4.69) is 10.3 Å². The average molecular weight is 391 g/mol. The quantitative estimate of drug-likeness (QED) is 0.668. The summed E-state index contributed by atoms with van der Waals surface area (Å²) < 4.78 is 18.3. The second kappa shape index (κ2) is 8.29. The highest BCUT2D eigenvalue weighted by Gasteiger charge is 2.07. The third-order valence-electron chi connectivity index (χ3n) is 3.61. The summed E-state index contributed by atoms with van der Waals surface area (Å²) in [6, 6.07) is 11.6. The lowest BCUT2D eigenvalue weighted by molar-refractivity contribution is -0.123. The molecule has 1 N–H and O–H groups in total. The Bertz CT molecular complexity index is 912. The monoisotopic (exact) mass is 390 g/mol. The van der Waals surface area contributed by atoms with Crippen molar-refractivity contribution in [2.75, 3.05) is 6.61 Å². The van der Waals surface area contributed by atoms with Gasteiger partial charge in [0.2, 0.25) is 0 Å². The van der Waals surface area contributed by atoms with Gasteiger partial charge in [-0.05, 0) is 30.7 Å². The molecular weight excluding hydrogens is 375 g/mol. The Kier molecular flexibility index (Phi) is 5.85. The fourth-order valence-corrected chi connectivity index (χ4v) is 3.12. The van der Waals surface area contributed by atoms with Gasteiger partial charge in [0.25, 0.3) is 5.91 Å². The number of amides is 1. The molecule has 0 radical (unpaired) electrons. The van der Waals surface area contributed by atoms with E-state index in [0.29, 0.717) is 6.54 Å². The number of halogens is 2. The first-order valence-electron chi connectivity index (χ1n) is 7.87. The second-order valence-electron chi connectivity index (χ2n) is 5.59. The third-order valence-corrected chi connectivity index (χ3v) is 4.68. The van der Waals surface area contributed by atoms with Gasteiger partial charge in [0.1, 0.15) is 11.6 Å². The summed E-state index contributed by atoms with van der Waals surface area (Å²) in [7, 11) is 0. The third kappa shape index (κ3) is 4.80. The zero-order valence-corrected chi connectivity index (χ0v) is 15.5. The van der Waals surface area contributed by atoms with E-state index in [0.717, 1.165) is 27.9 Å². The smallest absolute Gasteiger partial charge is 0.258 e. The van der Waals surface area contributed by atoms with Crippen LogP contribution in [0, 0.1) is 12.7 Å². The van der Waals surface area contributed by atoms with Gasteiger partial charge < -0.3 is 10.1 Å². The van der Waals surface area contributed by atoms with Gasteiger partial charge in [0.15, 0.2) is 6.61 Å². The van der Waals surface area contributed by atoms with Crippen molar-refractivity contribution < 1.29 is 13.9 Å². The predicted molar refractivity (Wildman–Crippen MR) is 101 cm³/mol. The molecule has 0 spiro atoms. The van der Waals surface area contributed by atoms with Gasteiger partial charge in [0, 0.05) is 17.5 Å². The van der Waals surface area contributed by atoms with Crippen LogP contribution in [-0.4, -0.2) is 17.5 Å². The molecule has 0 aliphatic carbocycles. The average Bonchev–Trinajstić information content (AvgIpc) is 3.06. The number of aromatic nitrogens is 1. The maximum absolute atomic E-state index is 13.0. The van der Waals surface area contributed by atoms with E-state index >= 15 is 0 Å². The minimum absolute atomic E-state index is 0.130. The van der Waals surface area contributed by atoms with Gasteiger partial charge in [-0.25, -0.2) is 9.37 Å². The highest BCUT2D eigenvalue weighted by atomic mass is 35.5. The van der Waals surface area contributed by atoms with Crippen molar-refractivity contribution in [1.29, 1.82) is 0 Å². The Morgan fingerprint density at radius 3 is 2.69 bits per heavy atom. The molecule has 7 heteroatoms. The molecule has 2 aromatic carbocycles. The first-order chi connectivity index (χ1) is 12.5. The van der Waals surface area contributed by atoms with Gasteiger partial charge in [0.05, 0.1) is 15.7 Å². The number of nitrogens with one attached hydrogen (secondary N) is 1. The lowest BCUT2D eigenvalue weighted by Gasteiger charge is -2.09. The molecule has 134 valence electrons. The highest BCUT2D eigenvalue weighted by Crippen LogP contribution is 2.24. The van der Waals surface area contributed by atoms with Crippen LogP contribution in [0.3, 0.4) is 0 Å². The summed E-state index contributed by atoms with van der Waals surface area (Å²) in [4.78, 5) is 16.3. The van der Waals surface area contributed by atoms with Gasteiger partial charge in [-0.2, -0.15) is 0 Å². The van der Waals surface area contributed by atoms with Gasteiger partial charge in [-0.3, -0.25) is 4.79 Å². The molecule has 4 nitrogen and oxygen atoms in total. The Balaban J connectivity index is 1.49. The molecular formula is C19H16ClFN2O2S. The van der Waals surface area contributed by atoms with Crippen molar-refractivity contribution in [3.8, 4) is 17.0 Å². The van der Waals surface area contributed by atoms with E-state index in [1.165, 1.54) is 12.1 Å². The molecule has 0 saturated heterocycles. The minimum Gasteiger partial charge on any atom is -0.482 e. The van der Waals surface area contributed by atoms with Crippen molar-refractivity contribution in [2.45, 2.75) is 13.5 Å². The Hall–Kier alpha value is -2.44. The number of benzene rings is 2. The maximum Gasteiger partial charge on any atom is 0.258 e. The lowest BCUT2D eigenvalue weighted by Crippen LogP contribution is -2.28. The Morgan fingerprint density at radius 2 is 2.04 bits per heavy atom. The van der Waals surface area contributed by atoms with Crippen molar-refractivity contribution in [3.05, 3.63) is 69.3 Å². The number of hydrogen-bond acceptors (Lipinski definition) is 4. The lowest BCUT2D eigenvalue weighted by atomic mass is 10.1. The Morgan fingerprint density at radius 1 is 1.27 bits per heavy atom. The van der Waals surface area contributed by atoms with E-state index in [4.69, 9.17) is 16.3 Å². The van der Waals surface area contributed by atoms with E-state index in [1.54, 1.807) is 11.3 Å². The summed E-state index contributed by atoms with van der Waals surface area (Å²) in [5.74, 6) is -0.473. The molecule has 0 fully saturated rings. The fraction of sp³-hybridized carbons (Fsp3) is 0.158. The molecule has 3 aromatic rings. The first-order valence-corrected chi connectivity index (χ1v) is 9.13. The standard InChI is InChI=1S/C19H16ClFN2O2S/c1-12-23-17(11-26-12)14-4-2-13(3-5-14)9-22-19(24)10-25-18-7-6-15(21)8-16(18)20/h2-8,11H,9-10H2,1H3,(H,22,24). The SMILES string of the molecule is Cc1nc(-c2ccc(CNC(=O)COc3ccc(F)cc3Cl)cc2)cs1. The number of ether oxygens (including phenoxy) is 1. The number of carbonyl (C=O) groups is 1. The molecule has 0 aliphatic heterocycles. The molecule has 0 bridgehead atoms. The summed E-state index contributed by atoms with van der Waals surface area (Å²) in [6.07, 6.45) is 0. The van der Waals surface area contributed by atoms with E-state index in [1.807, 2.05) is 36.6 Å². The Labute approximate surface area is 159 Å². The highest BCUT2D eigenvalue weighted by molar-refractivity contribution is 7.09. The van der Waals surface area contributed by atoms with Gasteiger partial charge >= 0.3 is 0 Å². The molecule has 1 aromatic heterocycles. The van der Waals surface area contributed by atoms with Crippen LogP contribution < -0.4 is 10.1 Å². The summed E-state index contributed by atoms with van der Waals surface area (Å²) in [6.45, 7) is 2.16. The molecule has 0 atom stereocenters. The molecule has 3 rings (SSSR count). The number of nitrogens with zero attached hydrogens (tertiary/aromatic N) is 1. The largest absolute Gasteiger partial charge is 0.482 e. The second-order valence-corrected chi connectivity index (χ2v) is 7.06. The number of hydrogen-bond donors (Lipinski definition) is 1. The summed E-state index contributed by atoms with van der Waals surface area (Å²) in [5, 5.41) is 5.94. The summed E-state index contributed by atoms with van der Waals surface area (Å²) in [5.41, 5.74) is 2.96. The van der Waals surface area contributed by atoms with Crippen LogP contribution in [-0.2, 0) is 11.3 Å². The first kappa shape index (κ1) is 18.4. The normalized spacial score (nSPS) is 10.6. The molecule has 1 heterocycles. The van der Waals surface area contributed by atoms with Crippen LogP contribution in [0.25, 0.3) is 11.3 Å². The van der Waals surface area contributed by atoms with Crippen molar-refractivity contribution in [3.63, 3.8) is 0 Å². The minimum atomic E-state index is -0.455. The fourth-order valence-electron chi connectivity index (χ4n) is 2.28. The topological polar surface area (TPSA) is 51.2 Å². The van der Waals surface area contributed by atoms with Crippen LogP contribution in [0.1, 0.15) is 10.6 Å². The van der Waals surface area contributed by atoms with E-state index in [-0.39, 0.29) is 23.3 Å². The zero-order valence-electron chi connectivity index (χ0n) is 14.0. The summed E-state index contributed by atoms with van der Waals surface area (Å²) >= 11 is 7.46. The zero-order chi connectivity index (χ0) is 18.5. The van der Waals surface area contributed by atoms with Crippen molar-refractivity contribution in [1.82, 2.24) is 10.3 Å². The van der Waals surface area contributed by atoms with Crippen LogP contribution in [0.2, 0.25) is 5.02 Å². The molecule has 0 saturated carbocycles. The van der Waals surface area contributed by atoms with Crippen molar-refractivity contribution >= 4 is 28.8 Å². The van der Waals surface area contributed by atoms with E-state index < -0.39 is 5.82 Å². The number of aryl methyl sites for hydroxylation is 1. The molecule has 0 aliphatic rings. The molecule has 1 amide bonds. The number of rotatable bonds is 6. The predicted octanol–water partition coefficient (Wildman–Crippen LogP) is 4.61. The van der Waals surface area contributed by atoms with Crippen LogP contribution in [0.15, 0.2) is 47.8 Å².